The molecule has 0 fully saturated rings. The third-order valence-corrected chi connectivity index (χ3v) is 2.73. The Morgan fingerprint density at radius 3 is 2.64 bits per heavy atom. The lowest BCUT2D eigenvalue weighted by Crippen LogP contribution is -1.78. The summed E-state index contributed by atoms with van der Waals surface area (Å²) in [7, 11) is 0. The molecule has 58 valence electrons. The van der Waals surface area contributed by atoms with Crippen molar-refractivity contribution in [2.75, 3.05) is 0 Å². The van der Waals surface area contributed by atoms with Crippen molar-refractivity contribution >= 4 is 39.8 Å². The van der Waals surface area contributed by atoms with Crippen LogP contribution < -0.4 is 0 Å². The first kappa shape index (κ1) is 9.07. The first-order valence-corrected chi connectivity index (χ1v) is 4.90. The highest BCUT2D eigenvalue weighted by Crippen LogP contribution is 2.23. The van der Waals surface area contributed by atoms with Crippen LogP contribution in [0.15, 0.2) is 28.3 Å². The van der Waals surface area contributed by atoms with Crippen LogP contribution in [0.5, 0.6) is 0 Å². The Balaban J connectivity index is 3.14. The SMILES string of the molecule is C/C(=C\I)c1ccccc1Cl. The Morgan fingerprint density at radius 2 is 2.09 bits per heavy atom. The second-order valence-electron chi connectivity index (χ2n) is 2.27. The Morgan fingerprint density at radius 1 is 1.45 bits per heavy atom. The van der Waals surface area contributed by atoms with Crippen molar-refractivity contribution in [1.82, 2.24) is 0 Å². The van der Waals surface area contributed by atoms with Gasteiger partial charge in [0.25, 0.3) is 0 Å². The van der Waals surface area contributed by atoms with E-state index in [9.17, 15) is 0 Å². The van der Waals surface area contributed by atoms with E-state index in [1.54, 1.807) is 0 Å². The molecule has 0 radical (unpaired) electrons. The maximum Gasteiger partial charge on any atom is 0.0481 e. The zero-order valence-corrected chi connectivity index (χ0v) is 9.06. The molecule has 0 N–H and O–H groups in total. The highest BCUT2D eigenvalue weighted by molar-refractivity contribution is 14.1. The van der Waals surface area contributed by atoms with Crippen LogP contribution in [0.25, 0.3) is 5.57 Å². The van der Waals surface area contributed by atoms with Crippen LogP contribution in [-0.2, 0) is 0 Å². The number of benzene rings is 1. The molecule has 0 bridgehead atoms. The van der Waals surface area contributed by atoms with Gasteiger partial charge in [-0.25, -0.2) is 0 Å². The summed E-state index contributed by atoms with van der Waals surface area (Å²) >= 11 is 8.17. The van der Waals surface area contributed by atoms with E-state index in [0.717, 1.165) is 10.6 Å². The summed E-state index contributed by atoms with van der Waals surface area (Å²) in [6.45, 7) is 2.05. The minimum atomic E-state index is 0.818. The lowest BCUT2D eigenvalue weighted by molar-refractivity contribution is 1.58. The molecule has 1 rings (SSSR count). The van der Waals surface area contributed by atoms with Crippen LogP contribution in [0.1, 0.15) is 12.5 Å². The van der Waals surface area contributed by atoms with Crippen molar-refractivity contribution in [1.29, 1.82) is 0 Å². The fourth-order valence-corrected chi connectivity index (χ4v) is 1.46. The van der Waals surface area contributed by atoms with Crippen LogP contribution >= 0.6 is 34.2 Å². The molecule has 1 aromatic rings. The molecule has 0 unspecified atom stereocenters. The van der Waals surface area contributed by atoms with Crippen molar-refractivity contribution in [3.05, 3.63) is 38.9 Å². The molecule has 0 atom stereocenters. The van der Waals surface area contributed by atoms with Gasteiger partial charge in [-0.3, -0.25) is 0 Å². The smallest absolute Gasteiger partial charge is 0.0481 e. The Kier molecular flexibility index (Phi) is 3.40. The van der Waals surface area contributed by atoms with E-state index in [-0.39, 0.29) is 0 Å². The van der Waals surface area contributed by atoms with Crippen molar-refractivity contribution in [2.24, 2.45) is 0 Å². The number of rotatable bonds is 1. The number of hydrogen-bond acceptors (Lipinski definition) is 0. The third kappa shape index (κ3) is 2.20. The molecule has 11 heavy (non-hydrogen) atoms. The molecule has 0 saturated heterocycles. The molecule has 0 aliphatic heterocycles. The average Bonchev–Trinajstić information content (AvgIpc) is 2.04. The van der Waals surface area contributed by atoms with Gasteiger partial charge in [-0.2, -0.15) is 0 Å². The van der Waals surface area contributed by atoms with Gasteiger partial charge in [0.2, 0.25) is 0 Å². The van der Waals surface area contributed by atoms with E-state index in [1.807, 2.05) is 35.3 Å². The molecule has 0 spiro atoms. The summed E-state index contributed by atoms with van der Waals surface area (Å²) in [5, 5.41) is 0.818. The fraction of sp³-hybridized carbons (Fsp3) is 0.111. The van der Waals surface area contributed by atoms with E-state index >= 15 is 0 Å². The van der Waals surface area contributed by atoms with Crippen molar-refractivity contribution in [3.8, 4) is 0 Å². The van der Waals surface area contributed by atoms with Gasteiger partial charge in [0.15, 0.2) is 0 Å². The standard InChI is InChI=1S/C9H8ClI/c1-7(6-11)8-4-2-3-5-9(8)10/h2-6H,1H3/b7-6+. The lowest BCUT2D eigenvalue weighted by atomic mass is 10.1. The van der Waals surface area contributed by atoms with Crippen LogP contribution in [0.2, 0.25) is 5.02 Å². The van der Waals surface area contributed by atoms with Crippen molar-refractivity contribution < 1.29 is 0 Å². The van der Waals surface area contributed by atoms with Gasteiger partial charge in [0.05, 0.1) is 0 Å². The Bertz CT molecular complexity index is 279. The van der Waals surface area contributed by atoms with Crippen LogP contribution in [0.3, 0.4) is 0 Å². The maximum atomic E-state index is 5.95. The van der Waals surface area contributed by atoms with Crippen LogP contribution in [-0.4, -0.2) is 0 Å². The maximum absolute atomic E-state index is 5.95. The average molecular weight is 279 g/mol. The van der Waals surface area contributed by atoms with Crippen LogP contribution in [0, 0.1) is 0 Å². The van der Waals surface area contributed by atoms with Gasteiger partial charge in [-0.05, 0) is 28.2 Å². The molecule has 0 aliphatic rings. The molecular formula is C9H8ClI. The summed E-state index contributed by atoms with van der Waals surface area (Å²) in [6.07, 6.45) is 0. The number of allylic oxidation sites excluding steroid dienone is 1. The molecule has 0 nitrogen and oxygen atoms in total. The molecule has 0 amide bonds. The molecule has 2 heteroatoms. The fourth-order valence-electron chi connectivity index (χ4n) is 0.840. The van der Waals surface area contributed by atoms with E-state index in [0.29, 0.717) is 0 Å². The van der Waals surface area contributed by atoms with Gasteiger partial charge in [0.1, 0.15) is 0 Å². The predicted octanol–water partition coefficient (Wildman–Crippen LogP) is 4.14. The van der Waals surface area contributed by atoms with Gasteiger partial charge in [0, 0.05) is 5.02 Å². The summed E-state index contributed by atoms with van der Waals surface area (Å²) < 4.78 is 2.03. The summed E-state index contributed by atoms with van der Waals surface area (Å²) in [5.41, 5.74) is 2.32. The molecule has 0 aromatic heterocycles. The highest BCUT2D eigenvalue weighted by Gasteiger charge is 1.98. The van der Waals surface area contributed by atoms with E-state index in [4.69, 9.17) is 11.6 Å². The zero-order chi connectivity index (χ0) is 8.27. The monoisotopic (exact) mass is 278 g/mol. The lowest BCUT2D eigenvalue weighted by Gasteiger charge is -2.01. The van der Waals surface area contributed by atoms with Gasteiger partial charge < -0.3 is 0 Å². The van der Waals surface area contributed by atoms with Gasteiger partial charge >= 0.3 is 0 Å². The number of hydrogen-bond donors (Lipinski definition) is 0. The molecule has 0 aliphatic carbocycles. The summed E-state index contributed by atoms with van der Waals surface area (Å²) in [4.78, 5) is 0. The van der Waals surface area contributed by atoms with Crippen molar-refractivity contribution in [3.63, 3.8) is 0 Å². The zero-order valence-electron chi connectivity index (χ0n) is 6.14. The largest absolute Gasteiger partial charge is 0.0837 e. The predicted molar refractivity (Wildman–Crippen MR) is 59.1 cm³/mol. The van der Waals surface area contributed by atoms with E-state index in [1.165, 1.54) is 5.57 Å². The Hall–Kier alpha value is -0.0200. The van der Waals surface area contributed by atoms with Gasteiger partial charge in [-0.1, -0.05) is 52.4 Å². The first-order chi connectivity index (χ1) is 5.25. The summed E-state index contributed by atoms with van der Waals surface area (Å²) in [5.74, 6) is 0. The minimum Gasteiger partial charge on any atom is -0.0837 e. The van der Waals surface area contributed by atoms with E-state index < -0.39 is 0 Å². The molecule has 1 aromatic carbocycles. The molecule has 0 saturated carbocycles. The Labute approximate surface area is 85.4 Å². The second kappa shape index (κ2) is 4.12. The third-order valence-electron chi connectivity index (χ3n) is 1.46. The van der Waals surface area contributed by atoms with Crippen LogP contribution in [0.4, 0.5) is 0 Å². The topological polar surface area (TPSA) is 0 Å². The van der Waals surface area contributed by atoms with E-state index in [2.05, 4.69) is 22.6 Å². The minimum absolute atomic E-state index is 0.818. The number of halogens is 2. The first-order valence-electron chi connectivity index (χ1n) is 3.27. The molecular weight excluding hydrogens is 270 g/mol. The second-order valence-corrected chi connectivity index (χ2v) is 3.30. The molecule has 0 heterocycles. The van der Waals surface area contributed by atoms with Gasteiger partial charge in [-0.15, -0.1) is 0 Å². The summed E-state index contributed by atoms with van der Waals surface area (Å²) in [6, 6.07) is 7.85. The normalized spacial score (nSPS) is 11.7. The van der Waals surface area contributed by atoms with Crippen molar-refractivity contribution in [2.45, 2.75) is 6.92 Å². The highest BCUT2D eigenvalue weighted by atomic mass is 127. The quantitative estimate of drug-likeness (QED) is 0.677.